The number of aromatic nitrogens is 2. The van der Waals surface area contributed by atoms with Gasteiger partial charge in [0.05, 0.1) is 10.7 Å². The Morgan fingerprint density at radius 1 is 0.767 bits per heavy atom. The molecule has 0 aliphatic carbocycles. The molecule has 4 aromatic rings. The van der Waals surface area contributed by atoms with Crippen molar-refractivity contribution < 1.29 is 4.79 Å². The van der Waals surface area contributed by atoms with Gasteiger partial charge in [-0.2, -0.15) is 0 Å². The lowest BCUT2D eigenvalue weighted by Crippen LogP contribution is -2.47. The number of hydrogen-bond acceptors (Lipinski definition) is 6. The van der Waals surface area contributed by atoms with Crippen molar-refractivity contribution in [1.29, 1.82) is 0 Å². The van der Waals surface area contributed by atoms with Gasteiger partial charge in [0.2, 0.25) is 0 Å². The van der Waals surface area contributed by atoms with Crippen LogP contribution in [0.5, 0.6) is 0 Å². The topological polar surface area (TPSA) is 52.6 Å². The highest BCUT2D eigenvalue weighted by Crippen LogP contribution is 2.29. The molecule has 0 spiro atoms. The van der Waals surface area contributed by atoms with Crippen molar-refractivity contribution in [3.05, 3.63) is 112 Å². The molecule has 6 rings (SSSR count). The molecule has 0 radical (unpaired) electrons. The van der Waals surface area contributed by atoms with Crippen molar-refractivity contribution in [2.45, 2.75) is 30.2 Å². The van der Waals surface area contributed by atoms with Crippen molar-refractivity contribution in [2.24, 2.45) is 5.92 Å². The van der Waals surface area contributed by atoms with Gasteiger partial charge in [0, 0.05) is 56.7 Å². The number of rotatable bonds is 8. The summed E-state index contributed by atoms with van der Waals surface area (Å²) < 4.78 is 0. The summed E-state index contributed by atoms with van der Waals surface area (Å²) in [6, 6.07) is 28.4. The third kappa shape index (κ3) is 7.64. The fourth-order valence-corrected chi connectivity index (χ4v) is 7.19. The standard InChI is InChI=1S/C34H35Cl2N5OS/c35-29-11-4-5-12-30(29)39-17-19-40(20-18-39)32-23-31(36)37-34(38-32)43-24-27-9-6-10-28(22-27)33(42)41-15-13-26(14-16-41)21-25-7-2-1-3-8-25/h1-12,22-23,26H,13-21,24H2. The van der Waals surface area contributed by atoms with Crippen molar-refractivity contribution in [3.63, 3.8) is 0 Å². The van der Waals surface area contributed by atoms with Crippen LogP contribution < -0.4 is 9.80 Å². The first-order valence-corrected chi connectivity index (χ1v) is 16.6. The second kappa shape index (κ2) is 14.0. The molecule has 0 bridgehead atoms. The number of carbonyl (C=O) groups is 1. The van der Waals surface area contributed by atoms with E-state index in [0.29, 0.717) is 22.0 Å². The van der Waals surface area contributed by atoms with Crippen molar-refractivity contribution in [1.82, 2.24) is 14.9 Å². The summed E-state index contributed by atoms with van der Waals surface area (Å²) in [6.07, 6.45) is 3.17. The van der Waals surface area contributed by atoms with Crippen molar-refractivity contribution >= 4 is 52.4 Å². The number of amides is 1. The Bertz CT molecular complexity index is 1540. The minimum Gasteiger partial charge on any atom is -0.367 e. The molecule has 1 aromatic heterocycles. The predicted octanol–water partition coefficient (Wildman–Crippen LogP) is 7.50. The number of piperidine rings is 1. The van der Waals surface area contributed by atoms with Crippen LogP contribution in [0.3, 0.4) is 0 Å². The zero-order valence-corrected chi connectivity index (χ0v) is 26.4. The first-order chi connectivity index (χ1) is 21.0. The molecule has 0 N–H and O–H groups in total. The van der Waals surface area contributed by atoms with Gasteiger partial charge >= 0.3 is 0 Å². The zero-order valence-electron chi connectivity index (χ0n) is 24.0. The SMILES string of the molecule is O=C(c1cccc(CSc2nc(Cl)cc(N3CCN(c4ccccc4Cl)CC3)n2)c1)N1CCC(Cc2ccccc2)CC1. The van der Waals surface area contributed by atoms with E-state index in [1.165, 1.54) is 17.3 Å². The summed E-state index contributed by atoms with van der Waals surface area (Å²) in [5, 5.41) is 1.84. The van der Waals surface area contributed by atoms with Crippen LogP contribution in [0.25, 0.3) is 0 Å². The fourth-order valence-electron chi connectivity index (χ4n) is 5.91. The Labute approximate surface area is 268 Å². The van der Waals surface area contributed by atoms with Gasteiger partial charge in [-0.25, -0.2) is 9.97 Å². The molecule has 0 saturated carbocycles. The van der Waals surface area contributed by atoms with Crippen LogP contribution in [0.2, 0.25) is 10.2 Å². The highest BCUT2D eigenvalue weighted by atomic mass is 35.5. The molecule has 2 aliphatic heterocycles. The smallest absolute Gasteiger partial charge is 0.253 e. The van der Waals surface area contributed by atoms with Crippen LogP contribution in [0.4, 0.5) is 11.5 Å². The molecular formula is C34H35Cl2N5OS. The lowest BCUT2D eigenvalue weighted by molar-refractivity contribution is 0.0690. The van der Waals surface area contributed by atoms with E-state index in [0.717, 1.165) is 86.2 Å². The van der Waals surface area contributed by atoms with Crippen LogP contribution in [-0.2, 0) is 12.2 Å². The Morgan fingerprint density at radius 2 is 1.47 bits per heavy atom. The van der Waals surface area contributed by atoms with Crippen LogP contribution in [0, 0.1) is 5.92 Å². The van der Waals surface area contributed by atoms with Crippen LogP contribution >= 0.6 is 35.0 Å². The molecule has 222 valence electrons. The van der Waals surface area contributed by atoms with Gasteiger partial charge in [-0.3, -0.25) is 4.79 Å². The quantitative estimate of drug-likeness (QED) is 0.114. The van der Waals surface area contributed by atoms with Gasteiger partial charge in [0.25, 0.3) is 5.91 Å². The normalized spacial score (nSPS) is 16.0. The third-order valence-corrected chi connectivity index (χ3v) is 9.70. The molecule has 3 aromatic carbocycles. The number of nitrogens with zero attached hydrogens (tertiary/aromatic N) is 5. The van der Waals surface area contributed by atoms with Gasteiger partial charge in [-0.15, -0.1) is 0 Å². The average Bonchev–Trinajstić information content (AvgIpc) is 3.04. The molecule has 2 aliphatic rings. The highest BCUT2D eigenvalue weighted by Gasteiger charge is 2.24. The van der Waals surface area contributed by atoms with Crippen LogP contribution in [0.15, 0.2) is 90.1 Å². The molecule has 0 atom stereocenters. The number of piperazine rings is 1. The van der Waals surface area contributed by atoms with E-state index in [2.05, 4.69) is 57.2 Å². The molecule has 6 nitrogen and oxygen atoms in total. The van der Waals surface area contributed by atoms with Crippen LogP contribution in [0.1, 0.15) is 34.3 Å². The lowest BCUT2D eigenvalue weighted by Gasteiger charge is -2.37. The average molecular weight is 633 g/mol. The van der Waals surface area contributed by atoms with Gasteiger partial charge in [-0.1, -0.05) is 89.6 Å². The number of para-hydroxylation sites is 1. The number of thioether (sulfide) groups is 1. The number of hydrogen-bond donors (Lipinski definition) is 0. The van der Waals surface area contributed by atoms with Crippen molar-refractivity contribution in [2.75, 3.05) is 49.1 Å². The molecule has 43 heavy (non-hydrogen) atoms. The largest absolute Gasteiger partial charge is 0.367 e. The zero-order chi connectivity index (χ0) is 29.6. The van der Waals surface area contributed by atoms with Gasteiger partial charge in [-0.05, 0) is 60.6 Å². The Hall–Kier alpha value is -3.26. The fraction of sp³-hybridized carbons (Fsp3) is 0.324. The van der Waals surface area contributed by atoms with Crippen LogP contribution in [-0.4, -0.2) is 60.0 Å². The summed E-state index contributed by atoms with van der Waals surface area (Å²) in [6.45, 7) is 4.94. The van der Waals surface area contributed by atoms with E-state index >= 15 is 0 Å². The number of anilines is 2. The molecule has 0 unspecified atom stereocenters. The minimum absolute atomic E-state index is 0.113. The maximum atomic E-state index is 13.3. The lowest BCUT2D eigenvalue weighted by atomic mass is 9.90. The molecule has 2 saturated heterocycles. The molecule has 3 heterocycles. The van der Waals surface area contributed by atoms with Gasteiger partial charge in [0.1, 0.15) is 11.0 Å². The van der Waals surface area contributed by atoms with Gasteiger partial charge < -0.3 is 14.7 Å². The summed E-state index contributed by atoms with van der Waals surface area (Å²) in [5.74, 6) is 2.23. The first kappa shape index (κ1) is 29.8. The van der Waals surface area contributed by atoms with E-state index in [-0.39, 0.29) is 5.91 Å². The maximum Gasteiger partial charge on any atom is 0.253 e. The Morgan fingerprint density at radius 3 is 2.23 bits per heavy atom. The van der Waals surface area contributed by atoms with E-state index in [1.807, 2.05) is 47.4 Å². The van der Waals surface area contributed by atoms with Crippen molar-refractivity contribution in [3.8, 4) is 0 Å². The Balaban J connectivity index is 1.03. The molecule has 1 amide bonds. The Kier molecular flexibility index (Phi) is 9.71. The highest BCUT2D eigenvalue weighted by molar-refractivity contribution is 7.98. The number of benzene rings is 3. The number of likely N-dealkylation sites (tertiary alicyclic amines) is 1. The predicted molar refractivity (Wildman–Crippen MR) is 178 cm³/mol. The summed E-state index contributed by atoms with van der Waals surface area (Å²) in [5.41, 5.74) is 4.25. The number of carbonyl (C=O) groups excluding carboxylic acids is 1. The maximum absolute atomic E-state index is 13.3. The molecule has 9 heteroatoms. The summed E-state index contributed by atoms with van der Waals surface area (Å²) in [4.78, 5) is 29.2. The van der Waals surface area contributed by atoms with E-state index in [9.17, 15) is 4.79 Å². The van der Waals surface area contributed by atoms with E-state index in [1.54, 1.807) is 0 Å². The summed E-state index contributed by atoms with van der Waals surface area (Å²) in [7, 11) is 0. The molecular weight excluding hydrogens is 597 g/mol. The minimum atomic E-state index is 0.113. The second-order valence-electron chi connectivity index (χ2n) is 11.2. The number of halogens is 2. The summed E-state index contributed by atoms with van der Waals surface area (Å²) >= 11 is 14.4. The monoisotopic (exact) mass is 631 g/mol. The van der Waals surface area contributed by atoms with E-state index < -0.39 is 0 Å². The van der Waals surface area contributed by atoms with Gasteiger partial charge in [0.15, 0.2) is 5.16 Å². The third-order valence-electron chi connectivity index (χ3n) is 8.27. The van der Waals surface area contributed by atoms with E-state index in [4.69, 9.17) is 28.2 Å². The second-order valence-corrected chi connectivity index (χ2v) is 12.9. The first-order valence-electron chi connectivity index (χ1n) is 14.9. The molecule has 2 fully saturated rings.